The van der Waals surface area contributed by atoms with Crippen LogP contribution in [-0.4, -0.2) is 15.3 Å². The maximum atomic E-state index is 9.61. The number of aromatic nitrogens is 2. The minimum absolute atomic E-state index is 0.171. The van der Waals surface area contributed by atoms with Gasteiger partial charge in [0, 0.05) is 10.0 Å². The molecule has 0 radical (unpaired) electrons. The quantitative estimate of drug-likeness (QED) is 0.729. The van der Waals surface area contributed by atoms with Crippen molar-refractivity contribution in [2.45, 2.75) is 0 Å². The number of nitrogens with two attached hydrogens (primary N) is 1. The number of phenols is 1. The van der Waals surface area contributed by atoms with E-state index in [0.717, 1.165) is 4.47 Å². The second kappa shape index (κ2) is 3.34. The molecule has 0 aliphatic rings. The van der Waals surface area contributed by atoms with Crippen molar-refractivity contribution in [1.29, 1.82) is 0 Å². The maximum Gasteiger partial charge on any atom is 0.125 e. The molecule has 0 unspecified atom stereocenters. The predicted molar refractivity (Wildman–Crippen MR) is 57.8 cm³/mol. The first-order chi connectivity index (χ1) is 6.68. The summed E-state index contributed by atoms with van der Waals surface area (Å²) >= 11 is 3.32. The third-order valence-electron chi connectivity index (χ3n) is 1.90. The van der Waals surface area contributed by atoms with Crippen molar-refractivity contribution in [3.8, 4) is 17.0 Å². The smallest absolute Gasteiger partial charge is 0.125 e. The lowest BCUT2D eigenvalue weighted by molar-refractivity contribution is 0.477. The van der Waals surface area contributed by atoms with Gasteiger partial charge in [-0.2, -0.15) is 5.10 Å². The third-order valence-corrected chi connectivity index (χ3v) is 2.39. The summed E-state index contributed by atoms with van der Waals surface area (Å²) in [5.74, 6) is 0.171. The summed E-state index contributed by atoms with van der Waals surface area (Å²) in [6, 6.07) is 5.13. The van der Waals surface area contributed by atoms with Crippen LogP contribution in [0.4, 0.5) is 5.69 Å². The first kappa shape index (κ1) is 9.08. The van der Waals surface area contributed by atoms with Crippen LogP contribution in [0, 0.1) is 0 Å². The number of nitrogens with zero attached hydrogens (tertiary/aromatic N) is 1. The largest absolute Gasteiger partial charge is 0.507 e. The zero-order chi connectivity index (χ0) is 10.1. The van der Waals surface area contributed by atoms with Gasteiger partial charge in [-0.3, -0.25) is 5.10 Å². The molecule has 1 aromatic carbocycles. The molecular formula is C9H8BrN3O. The topological polar surface area (TPSA) is 74.9 Å². The van der Waals surface area contributed by atoms with Gasteiger partial charge in [-0.25, -0.2) is 0 Å². The molecule has 14 heavy (non-hydrogen) atoms. The Hall–Kier alpha value is -1.49. The number of halogens is 1. The van der Waals surface area contributed by atoms with Gasteiger partial charge in [0.1, 0.15) is 5.75 Å². The Morgan fingerprint density at radius 1 is 1.43 bits per heavy atom. The molecule has 1 heterocycles. The monoisotopic (exact) mass is 253 g/mol. The molecule has 0 spiro atoms. The van der Waals surface area contributed by atoms with Crippen molar-refractivity contribution in [2.75, 3.05) is 5.73 Å². The van der Waals surface area contributed by atoms with E-state index in [4.69, 9.17) is 5.73 Å². The minimum atomic E-state index is 0.171. The van der Waals surface area contributed by atoms with Crippen LogP contribution in [0.25, 0.3) is 11.3 Å². The molecule has 0 saturated carbocycles. The zero-order valence-corrected chi connectivity index (χ0v) is 8.75. The number of phenolic OH excluding ortho intramolecular Hbond substituents is 1. The molecule has 0 aliphatic carbocycles. The second-order valence-electron chi connectivity index (χ2n) is 2.86. The Labute approximate surface area is 88.9 Å². The molecule has 0 bridgehead atoms. The molecular weight excluding hydrogens is 246 g/mol. The molecule has 1 aromatic heterocycles. The lowest BCUT2D eigenvalue weighted by Gasteiger charge is -2.03. The minimum Gasteiger partial charge on any atom is -0.507 e. The van der Waals surface area contributed by atoms with Crippen LogP contribution in [0.1, 0.15) is 0 Å². The van der Waals surface area contributed by atoms with Crippen molar-refractivity contribution in [2.24, 2.45) is 0 Å². The van der Waals surface area contributed by atoms with Gasteiger partial charge in [0.25, 0.3) is 0 Å². The highest BCUT2D eigenvalue weighted by Gasteiger charge is 2.09. The Morgan fingerprint density at radius 2 is 2.21 bits per heavy atom. The highest BCUT2D eigenvalue weighted by atomic mass is 79.9. The van der Waals surface area contributed by atoms with Crippen LogP contribution in [0.2, 0.25) is 0 Å². The van der Waals surface area contributed by atoms with Crippen molar-refractivity contribution in [3.63, 3.8) is 0 Å². The fourth-order valence-electron chi connectivity index (χ4n) is 1.22. The molecule has 2 aromatic rings. The molecule has 0 fully saturated rings. The fraction of sp³-hybridized carbons (Fsp3) is 0. The normalized spacial score (nSPS) is 10.4. The maximum absolute atomic E-state index is 9.61. The van der Waals surface area contributed by atoms with Gasteiger partial charge in [0.15, 0.2) is 0 Å². The number of nitrogen functional groups attached to an aromatic ring is 1. The number of anilines is 1. The number of hydrogen-bond donors (Lipinski definition) is 3. The van der Waals surface area contributed by atoms with Crippen molar-refractivity contribution >= 4 is 21.6 Å². The number of hydrogen-bond acceptors (Lipinski definition) is 3. The molecule has 0 saturated heterocycles. The standard InChI is InChI=1S/C9H8BrN3O/c10-5-1-2-8(14)6(3-5)9-7(11)4-12-13-9/h1-4,14H,11H2,(H,12,13). The Bertz CT molecular complexity index is 467. The summed E-state index contributed by atoms with van der Waals surface area (Å²) in [5, 5.41) is 16.1. The SMILES string of the molecule is Nc1cn[nH]c1-c1cc(Br)ccc1O. The number of benzene rings is 1. The van der Waals surface area contributed by atoms with Crippen LogP contribution >= 0.6 is 15.9 Å². The highest BCUT2D eigenvalue weighted by Crippen LogP contribution is 2.33. The van der Waals surface area contributed by atoms with E-state index < -0.39 is 0 Å². The van der Waals surface area contributed by atoms with Crippen LogP contribution in [0.5, 0.6) is 5.75 Å². The number of nitrogens with one attached hydrogen (secondary N) is 1. The van der Waals surface area contributed by atoms with Gasteiger partial charge >= 0.3 is 0 Å². The van der Waals surface area contributed by atoms with Gasteiger partial charge in [0.05, 0.1) is 17.6 Å². The van der Waals surface area contributed by atoms with E-state index in [1.165, 1.54) is 6.20 Å². The van der Waals surface area contributed by atoms with Gasteiger partial charge < -0.3 is 10.8 Å². The van der Waals surface area contributed by atoms with E-state index >= 15 is 0 Å². The van der Waals surface area contributed by atoms with Gasteiger partial charge in [-0.1, -0.05) is 15.9 Å². The summed E-state index contributed by atoms with van der Waals surface area (Å²) in [5.41, 5.74) is 7.45. The van der Waals surface area contributed by atoms with E-state index in [-0.39, 0.29) is 5.75 Å². The molecule has 0 atom stereocenters. The summed E-state index contributed by atoms with van der Waals surface area (Å²) in [4.78, 5) is 0. The average Bonchev–Trinajstić information content (AvgIpc) is 2.56. The summed E-state index contributed by atoms with van der Waals surface area (Å²) in [6.45, 7) is 0. The molecule has 5 heteroatoms. The number of aromatic amines is 1. The number of aromatic hydroxyl groups is 1. The molecule has 0 amide bonds. The van der Waals surface area contributed by atoms with Gasteiger partial charge in [0.2, 0.25) is 0 Å². The zero-order valence-electron chi connectivity index (χ0n) is 7.16. The summed E-state index contributed by atoms with van der Waals surface area (Å²) in [7, 11) is 0. The van der Waals surface area contributed by atoms with Crippen LogP contribution in [0.15, 0.2) is 28.9 Å². The lowest BCUT2D eigenvalue weighted by atomic mass is 10.1. The van der Waals surface area contributed by atoms with Gasteiger partial charge in [-0.15, -0.1) is 0 Å². The van der Waals surface area contributed by atoms with E-state index in [1.807, 2.05) is 0 Å². The third kappa shape index (κ3) is 1.46. The molecule has 2 rings (SSSR count). The first-order valence-electron chi connectivity index (χ1n) is 3.96. The van der Waals surface area contributed by atoms with E-state index in [1.54, 1.807) is 18.2 Å². The second-order valence-corrected chi connectivity index (χ2v) is 3.78. The molecule has 4 N–H and O–H groups in total. The molecule has 72 valence electrons. The molecule has 4 nitrogen and oxygen atoms in total. The van der Waals surface area contributed by atoms with Crippen molar-refractivity contribution in [3.05, 3.63) is 28.9 Å². The Kier molecular flexibility index (Phi) is 2.17. The average molecular weight is 254 g/mol. The van der Waals surface area contributed by atoms with E-state index in [9.17, 15) is 5.11 Å². The number of H-pyrrole nitrogens is 1. The summed E-state index contributed by atoms with van der Waals surface area (Å²) < 4.78 is 0.874. The van der Waals surface area contributed by atoms with Crippen molar-refractivity contribution < 1.29 is 5.11 Å². The Balaban J connectivity index is 2.62. The van der Waals surface area contributed by atoms with Gasteiger partial charge in [-0.05, 0) is 18.2 Å². The van der Waals surface area contributed by atoms with Crippen LogP contribution in [0.3, 0.4) is 0 Å². The first-order valence-corrected chi connectivity index (χ1v) is 4.75. The predicted octanol–water partition coefficient (Wildman–Crippen LogP) is 2.13. The van der Waals surface area contributed by atoms with E-state index in [2.05, 4.69) is 26.1 Å². The highest BCUT2D eigenvalue weighted by molar-refractivity contribution is 9.10. The van der Waals surface area contributed by atoms with Crippen LogP contribution in [-0.2, 0) is 0 Å². The Morgan fingerprint density at radius 3 is 2.86 bits per heavy atom. The van der Waals surface area contributed by atoms with Crippen LogP contribution < -0.4 is 5.73 Å². The molecule has 0 aliphatic heterocycles. The lowest BCUT2D eigenvalue weighted by Crippen LogP contribution is -1.87. The summed E-state index contributed by atoms with van der Waals surface area (Å²) in [6.07, 6.45) is 1.51. The van der Waals surface area contributed by atoms with E-state index in [0.29, 0.717) is 16.9 Å². The van der Waals surface area contributed by atoms with Crippen molar-refractivity contribution in [1.82, 2.24) is 10.2 Å². The number of rotatable bonds is 1. The fourth-order valence-corrected chi connectivity index (χ4v) is 1.58.